The topological polar surface area (TPSA) is 48.4 Å². The van der Waals surface area contributed by atoms with E-state index in [1.807, 2.05) is 37.2 Å². The highest BCUT2D eigenvalue weighted by Gasteiger charge is 2.41. The molecule has 0 amide bonds. The standard InChI is InChI=1S/C21H33F2N3O3/c1-24(2)10-11-29-19-5-4-16(12-20(19)28-3)13-25-14-17(18(27)15-25)26-8-6-21(22,23)7-9-26/h4-5,12,17-18,27H,6-11,13-15H2,1-3H3/t17-,18-/m0/s1. The van der Waals surface area contributed by atoms with E-state index in [1.165, 1.54) is 0 Å². The minimum atomic E-state index is -2.56. The molecule has 0 saturated carbocycles. The van der Waals surface area contributed by atoms with Gasteiger partial charge in [0.2, 0.25) is 0 Å². The lowest BCUT2D eigenvalue weighted by Gasteiger charge is -2.36. The largest absolute Gasteiger partial charge is 0.493 e. The fourth-order valence-electron chi connectivity index (χ4n) is 4.04. The molecule has 0 radical (unpaired) electrons. The molecule has 1 aromatic carbocycles. The summed E-state index contributed by atoms with van der Waals surface area (Å²) in [6.07, 6.45) is -0.761. The van der Waals surface area contributed by atoms with Gasteiger partial charge in [-0.05, 0) is 31.8 Å². The Morgan fingerprint density at radius 1 is 1.17 bits per heavy atom. The smallest absolute Gasteiger partial charge is 0.250 e. The first-order chi connectivity index (χ1) is 13.8. The zero-order valence-corrected chi connectivity index (χ0v) is 17.6. The van der Waals surface area contributed by atoms with Crippen LogP contribution in [0.15, 0.2) is 18.2 Å². The number of halogens is 2. The number of aliphatic hydroxyl groups excluding tert-OH is 1. The van der Waals surface area contributed by atoms with Gasteiger partial charge in [0.05, 0.1) is 13.2 Å². The number of likely N-dealkylation sites (tertiary alicyclic amines) is 2. The van der Waals surface area contributed by atoms with Crippen LogP contribution in [-0.2, 0) is 6.54 Å². The molecule has 0 aromatic heterocycles. The Bertz CT molecular complexity index is 665. The average Bonchev–Trinajstić information content (AvgIpc) is 3.02. The number of methoxy groups -OCH3 is 1. The van der Waals surface area contributed by atoms with E-state index in [1.54, 1.807) is 7.11 Å². The summed E-state index contributed by atoms with van der Waals surface area (Å²) < 4.78 is 38.1. The number of benzene rings is 1. The monoisotopic (exact) mass is 413 g/mol. The van der Waals surface area contributed by atoms with Crippen LogP contribution in [0.2, 0.25) is 0 Å². The fraction of sp³-hybridized carbons (Fsp3) is 0.714. The van der Waals surface area contributed by atoms with Crippen LogP contribution in [-0.4, -0.2) is 98.4 Å². The van der Waals surface area contributed by atoms with E-state index in [0.29, 0.717) is 50.8 Å². The molecule has 2 aliphatic rings. The summed E-state index contributed by atoms with van der Waals surface area (Å²) in [4.78, 5) is 6.24. The summed E-state index contributed by atoms with van der Waals surface area (Å²) in [5, 5.41) is 10.5. The minimum absolute atomic E-state index is 0.0818. The fourth-order valence-corrected chi connectivity index (χ4v) is 4.04. The summed E-state index contributed by atoms with van der Waals surface area (Å²) in [7, 11) is 5.62. The van der Waals surface area contributed by atoms with E-state index in [9.17, 15) is 13.9 Å². The molecule has 164 valence electrons. The Hall–Kier alpha value is -1.48. The van der Waals surface area contributed by atoms with Crippen molar-refractivity contribution in [3.05, 3.63) is 23.8 Å². The van der Waals surface area contributed by atoms with Crippen LogP contribution in [0.25, 0.3) is 0 Å². The second kappa shape index (κ2) is 9.55. The van der Waals surface area contributed by atoms with Crippen LogP contribution < -0.4 is 9.47 Å². The molecule has 2 saturated heterocycles. The highest BCUT2D eigenvalue weighted by molar-refractivity contribution is 5.43. The Kier molecular flexibility index (Phi) is 7.32. The maximum absolute atomic E-state index is 13.4. The predicted octanol–water partition coefficient (Wildman–Crippen LogP) is 1.91. The first-order valence-electron chi connectivity index (χ1n) is 10.2. The molecule has 8 heteroatoms. The number of likely N-dealkylation sites (N-methyl/N-ethyl adjacent to an activating group) is 1. The number of aliphatic hydroxyl groups is 1. The van der Waals surface area contributed by atoms with E-state index in [-0.39, 0.29) is 18.9 Å². The van der Waals surface area contributed by atoms with Crippen LogP contribution in [0.3, 0.4) is 0 Å². The first kappa shape index (κ1) is 22.2. The Morgan fingerprint density at radius 3 is 2.55 bits per heavy atom. The van der Waals surface area contributed by atoms with Crippen molar-refractivity contribution in [1.29, 1.82) is 0 Å². The van der Waals surface area contributed by atoms with Gasteiger partial charge in [0.1, 0.15) is 6.61 Å². The van der Waals surface area contributed by atoms with Gasteiger partial charge in [0.15, 0.2) is 11.5 Å². The molecule has 0 bridgehead atoms. The zero-order chi connectivity index (χ0) is 21.0. The highest BCUT2D eigenvalue weighted by atomic mass is 19.3. The van der Waals surface area contributed by atoms with Crippen LogP contribution >= 0.6 is 0 Å². The van der Waals surface area contributed by atoms with Crippen molar-refractivity contribution in [2.24, 2.45) is 0 Å². The van der Waals surface area contributed by atoms with Crippen LogP contribution in [0.5, 0.6) is 11.5 Å². The molecule has 1 aromatic rings. The maximum atomic E-state index is 13.4. The third-order valence-electron chi connectivity index (χ3n) is 5.76. The van der Waals surface area contributed by atoms with E-state index in [2.05, 4.69) is 9.80 Å². The molecule has 2 heterocycles. The Balaban J connectivity index is 1.56. The number of ether oxygens (including phenoxy) is 2. The number of hydrogen-bond acceptors (Lipinski definition) is 6. The molecule has 0 spiro atoms. The molecule has 2 atom stereocenters. The summed E-state index contributed by atoms with van der Waals surface area (Å²) in [6.45, 7) is 3.98. The van der Waals surface area contributed by atoms with Gasteiger partial charge < -0.3 is 19.5 Å². The van der Waals surface area contributed by atoms with Crippen LogP contribution in [0.1, 0.15) is 18.4 Å². The second-order valence-corrected chi connectivity index (χ2v) is 8.36. The van der Waals surface area contributed by atoms with Gasteiger partial charge in [-0.1, -0.05) is 6.07 Å². The van der Waals surface area contributed by atoms with Crippen molar-refractivity contribution in [2.45, 2.75) is 37.5 Å². The highest BCUT2D eigenvalue weighted by Crippen LogP contribution is 2.32. The number of alkyl halides is 2. The lowest BCUT2D eigenvalue weighted by molar-refractivity contribution is -0.0698. The molecule has 0 unspecified atom stereocenters. The molecule has 2 aliphatic heterocycles. The number of nitrogens with zero attached hydrogens (tertiary/aromatic N) is 3. The summed E-state index contributed by atoms with van der Waals surface area (Å²) in [6, 6.07) is 5.81. The lowest BCUT2D eigenvalue weighted by Crippen LogP contribution is -2.49. The molecular weight excluding hydrogens is 380 g/mol. The van der Waals surface area contributed by atoms with Crippen molar-refractivity contribution in [2.75, 3.05) is 60.5 Å². The third kappa shape index (κ3) is 6.01. The van der Waals surface area contributed by atoms with Crippen molar-refractivity contribution in [3.63, 3.8) is 0 Å². The van der Waals surface area contributed by atoms with Gasteiger partial charge in [0, 0.05) is 58.2 Å². The average molecular weight is 414 g/mol. The molecule has 6 nitrogen and oxygen atoms in total. The van der Waals surface area contributed by atoms with Crippen LogP contribution in [0.4, 0.5) is 8.78 Å². The van der Waals surface area contributed by atoms with E-state index >= 15 is 0 Å². The number of piperidine rings is 1. The van der Waals surface area contributed by atoms with Crippen molar-refractivity contribution in [3.8, 4) is 11.5 Å². The molecule has 29 heavy (non-hydrogen) atoms. The van der Waals surface area contributed by atoms with E-state index in [4.69, 9.17) is 9.47 Å². The van der Waals surface area contributed by atoms with E-state index < -0.39 is 12.0 Å². The molecular formula is C21H33F2N3O3. The first-order valence-corrected chi connectivity index (χ1v) is 10.2. The van der Waals surface area contributed by atoms with Gasteiger partial charge in [-0.25, -0.2) is 8.78 Å². The summed E-state index contributed by atoms with van der Waals surface area (Å²) >= 11 is 0. The Labute approximate surface area is 172 Å². The van der Waals surface area contributed by atoms with Gasteiger partial charge in [-0.2, -0.15) is 0 Å². The zero-order valence-electron chi connectivity index (χ0n) is 17.6. The molecule has 3 rings (SSSR count). The summed E-state index contributed by atoms with van der Waals surface area (Å²) in [5.74, 6) is -1.16. The number of rotatable bonds is 8. The van der Waals surface area contributed by atoms with Crippen molar-refractivity contribution < 1.29 is 23.4 Å². The van der Waals surface area contributed by atoms with Crippen molar-refractivity contribution in [1.82, 2.24) is 14.7 Å². The lowest BCUT2D eigenvalue weighted by atomic mass is 10.0. The third-order valence-corrected chi connectivity index (χ3v) is 5.76. The predicted molar refractivity (Wildman–Crippen MR) is 108 cm³/mol. The maximum Gasteiger partial charge on any atom is 0.250 e. The second-order valence-electron chi connectivity index (χ2n) is 8.36. The normalized spacial score (nSPS) is 25.5. The van der Waals surface area contributed by atoms with Gasteiger partial charge in [0.25, 0.3) is 5.92 Å². The van der Waals surface area contributed by atoms with Crippen molar-refractivity contribution >= 4 is 0 Å². The quantitative estimate of drug-likeness (QED) is 0.703. The molecule has 2 fully saturated rings. The number of β-amino-alcohol motifs (C(OH)–C–C–N with tert-alkyl or cyclic N) is 1. The minimum Gasteiger partial charge on any atom is -0.493 e. The van der Waals surface area contributed by atoms with Gasteiger partial charge >= 0.3 is 0 Å². The SMILES string of the molecule is COc1cc(CN2C[C@H](O)[C@@H](N3CCC(F)(F)CC3)C2)ccc1OCCN(C)C. The van der Waals surface area contributed by atoms with Crippen LogP contribution in [0, 0.1) is 0 Å². The Morgan fingerprint density at radius 2 is 1.90 bits per heavy atom. The van der Waals surface area contributed by atoms with Gasteiger partial charge in [-0.15, -0.1) is 0 Å². The molecule has 0 aliphatic carbocycles. The number of hydrogen-bond donors (Lipinski definition) is 1. The summed E-state index contributed by atoms with van der Waals surface area (Å²) in [5.41, 5.74) is 1.07. The molecule has 1 N–H and O–H groups in total. The van der Waals surface area contributed by atoms with E-state index in [0.717, 1.165) is 12.1 Å². The van der Waals surface area contributed by atoms with Gasteiger partial charge in [-0.3, -0.25) is 9.80 Å².